The van der Waals surface area contributed by atoms with Crippen molar-refractivity contribution in [1.82, 2.24) is 0 Å². The molecule has 0 spiro atoms. The van der Waals surface area contributed by atoms with Gasteiger partial charge >= 0.3 is 6.18 Å². The Morgan fingerprint density at radius 2 is 1.61 bits per heavy atom. The molecule has 0 aliphatic carbocycles. The molecule has 0 aliphatic rings. The van der Waals surface area contributed by atoms with Crippen molar-refractivity contribution < 1.29 is 13.2 Å². The first-order valence-electron chi connectivity index (χ1n) is 5.20. The molecule has 94 valence electrons. The normalized spacial score (nSPS) is 11.5. The van der Waals surface area contributed by atoms with Gasteiger partial charge in [0.25, 0.3) is 0 Å². The summed E-state index contributed by atoms with van der Waals surface area (Å²) in [5.41, 5.74) is 12.4. The third-order valence-corrected chi connectivity index (χ3v) is 2.58. The molecular weight excluding hydrogens is 241 g/mol. The van der Waals surface area contributed by atoms with Gasteiger partial charge in [-0.25, -0.2) is 0 Å². The lowest BCUT2D eigenvalue weighted by Gasteiger charge is -2.11. The third kappa shape index (κ3) is 2.40. The molecule has 0 bridgehead atoms. The predicted molar refractivity (Wildman–Crippen MR) is 65.7 cm³/mol. The number of alkyl halides is 3. The van der Waals surface area contributed by atoms with Crippen LogP contribution in [0.2, 0.25) is 0 Å². The first-order chi connectivity index (χ1) is 8.38. The largest absolute Gasteiger partial charge is 0.416 e. The van der Waals surface area contributed by atoms with Crippen molar-refractivity contribution in [2.24, 2.45) is 0 Å². The molecule has 0 fully saturated rings. The number of anilines is 2. The molecule has 0 unspecified atom stereocenters. The van der Waals surface area contributed by atoms with E-state index >= 15 is 0 Å². The molecule has 0 saturated heterocycles. The Hall–Kier alpha value is -2.17. The van der Waals surface area contributed by atoms with Crippen LogP contribution in [0.15, 0.2) is 42.5 Å². The van der Waals surface area contributed by atoms with Gasteiger partial charge < -0.3 is 11.5 Å². The van der Waals surface area contributed by atoms with E-state index in [4.69, 9.17) is 11.5 Å². The van der Waals surface area contributed by atoms with E-state index in [-0.39, 0.29) is 5.69 Å². The Labute approximate surface area is 102 Å². The highest BCUT2D eigenvalue weighted by atomic mass is 19.4. The molecule has 0 aliphatic heterocycles. The lowest BCUT2D eigenvalue weighted by Crippen LogP contribution is -2.06. The molecule has 5 heteroatoms. The van der Waals surface area contributed by atoms with Crippen molar-refractivity contribution in [3.05, 3.63) is 48.0 Å². The molecule has 0 radical (unpaired) electrons. The Bertz CT molecular complexity index is 577. The Morgan fingerprint density at radius 1 is 0.889 bits per heavy atom. The second-order valence-electron chi connectivity index (χ2n) is 3.93. The summed E-state index contributed by atoms with van der Waals surface area (Å²) in [6, 6.07) is 10.1. The van der Waals surface area contributed by atoms with E-state index in [2.05, 4.69) is 0 Å². The fraction of sp³-hybridized carbons (Fsp3) is 0.0769. The molecule has 4 N–H and O–H groups in total. The van der Waals surface area contributed by atoms with E-state index in [0.29, 0.717) is 16.8 Å². The van der Waals surface area contributed by atoms with Gasteiger partial charge in [0, 0.05) is 16.9 Å². The van der Waals surface area contributed by atoms with Crippen LogP contribution in [0.4, 0.5) is 24.5 Å². The minimum absolute atomic E-state index is 0.0791. The van der Waals surface area contributed by atoms with Crippen molar-refractivity contribution in [1.29, 1.82) is 0 Å². The van der Waals surface area contributed by atoms with Crippen LogP contribution in [0.25, 0.3) is 11.1 Å². The summed E-state index contributed by atoms with van der Waals surface area (Å²) in [6.07, 6.45) is -4.39. The maximum absolute atomic E-state index is 12.5. The molecule has 2 aromatic carbocycles. The van der Waals surface area contributed by atoms with Crippen LogP contribution in [0.5, 0.6) is 0 Å². The highest BCUT2D eigenvalue weighted by Crippen LogP contribution is 2.34. The van der Waals surface area contributed by atoms with E-state index in [0.717, 1.165) is 12.1 Å². The molecule has 18 heavy (non-hydrogen) atoms. The monoisotopic (exact) mass is 252 g/mol. The topological polar surface area (TPSA) is 52.0 Å². The third-order valence-electron chi connectivity index (χ3n) is 2.58. The van der Waals surface area contributed by atoms with Crippen LogP contribution in [-0.4, -0.2) is 0 Å². The summed E-state index contributed by atoms with van der Waals surface area (Å²) in [4.78, 5) is 0. The average Bonchev–Trinajstić information content (AvgIpc) is 2.27. The first kappa shape index (κ1) is 12.3. The van der Waals surface area contributed by atoms with E-state index in [1.54, 1.807) is 24.3 Å². The molecule has 2 aromatic rings. The van der Waals surface area contributed by atoms with E-state index < -0.39 is 11.7 Å². The Morgan fingerprint density at radius 3 is 2.17 bits per heavy atom. The lowest BCUT2D eigenvalue weighted by molar-refractivity contribution is -0.137. The zero-order valence-electron chi connectivity index (χ0n) is 9.33. The highest BCUT2D eigenvalue weighted by Gasteiger charge is 2.30. The Balaban J connectivity index is 2.48. The van der Waals surface area contributed by atoms with Gasteiger partial charge in [-0.2, -0.15) is 13.2 Å². The van der Waals surface area contributed by atoms with Crippen molar-refractivity contribution >= 4 is 11.4 Å². The van der Waals surface area contributed by atoms with Crippen LogP contribution in [0, 0.1) is 0 Å². The van der Waals surface area contributed by atoms with E-state index in [1.807, 2.05) is 0 Å². The van der Waals surface area contributed by atoms with Gasteiger partial charge in [0.1, 0.15) is 0 Å². The minimum Gasteiger partial charge on any atom is -0.399 e. The van der Waals surface area contributed by atoms with Gasteiger partial charge in [-0.1, -0.05) is 18.2 Å². The van der Waals surface area contributed by atoms with Crippen molar-refractivity contribution in [2.75, 3.05) is 11.5 Å². The fourth-order valence-corrected chi connectivity index (χ4v) is 1.71. The van der Waals surface area contributed by atoms with E-state index in [9.17, 15) is 13.2 Å². The molecule has 0 amide bonds. The summed E-state index contributed by atoms with van der Waals surface area (Å²) < 4.78 is 37.5. The number of halogens is 3. The number of hydrogen-bond donors (Lipinski definition) is 2. The number of hydrogen-bond acceptors (Lipinski definition) is 2. The lowest BCUT2D eigenvalue weighted by atomic mass is 10.0. The zero-order valence-corrected chi connectivity index (χ0v) is 9.33. The summed E-state index contributed by atoms with van der Waals surface area (Å²) in [7, 11) is 0. The standard InChI is InChI=1S/C13H11F3N2/c14-13(15,16)9-4-5-11(12(18)7-9)8-2-1-3-10(17)6-8/h1-7H,17-18H2. The zero-order chi connectivity index (χ0) is 13.3. The maximum Gasteiger partial charge on any atom is 0.416 e. The number of nitrogens with two attached hydrogens (primary N) is 2. The number of benzene rings is 2. The molecule has 0 atom stereocenters. The second kappa shape index (κ2) is 4.25. The molecule has 0 aromatic heterocycles. The quantitative estimate of drug-likeness (QED) is 0.763. The van der Waals surface area contributed by atoms with Gasteiger partial charge in [-0.15, -0.1) is 0 Å². The molecule has 0 saturated carbocycles. The van der Waals surface area contributed by atoms with Gasteiger partial charge in [-0.05, 0) is 29.8 Å². The minimum atomic E-state index is -4.39. The number of nitrogen functional groups attached to an aromatic ring is 2. The Kier molecular flexibility index (Phi) is 2.90. The summed E-state index contributed by atoms with van der Waals surface area (Å²) >= 11 is 0. The van der Waals surface area contributed by atoms with Gasteiger partial charge in [0.05, 0.1) is 5.56 Å². The van der Waals surface area contributed by atoms with Crippen LogP contribution in [0.1, 0.15) is 5.56 Å². The highest BCUT2D eigenvalue weighted by molar-refractivity contribution is 5.78. The van der Waals surface area contributed by atoms with Crippen LogP contribution >= 0.6 is 0 Å². The van der Waals surface area contributed by atoms with Crippen LogP contribution in [-0.2, 0) is 6.18 Å². The maximum atomic E-state index is 12.5. The smallest absolute Gasteiger partial charge is 0.399 e. The first-order valence-corrected chi connectivity index (χ1v) is 5.20. The molecule has 2 nitrogen and oxygen atoms in total. The summed E-state index contributed by atoms with van der Waals surface area (Å²) in [5, 5.41) is 0. The van der Waals surface area contributed by atoms with Crippen LogP contribution < -0.4 is 11.5 Å². The molecule has 0 heterocycles. The summed E-state index contributed by atoms with van der Waals surface area (Å²) in [6.45, 7) is 0. The van der Waals surface area contributed by atoms with Crippen molar-refractivity contribution in [3.8, 4) is 11.1 Å². The summed E-state index contributed by atoms with van der Waals surface area (Å²) in [5.74, 6) is 0. The second-order valence-corrected chi connectivity index (χ2v) is 3.93. The van der Waals surface area contributed by atoms with Crippen LogP contribution in [0.3, 0.4) is 0 Å². The number of rotatable bonds is 1. The van der Waals surface area contributed by atoms with Gasteiger partial charge in [0.2, 0.25) is 0 Å². The molecule has 2 rings (SSSR count). The van der Waals surface area contributed by atoms with E-state index in [1.165, 1.54) is 6.07 Å². The predicted octanol–water partition coefficient (Wildman–Crippen LogP) is 3.54. The SMILES string of the molecule is Nc1cccc(-c2ccc(C(F)(F)F)cc2N)c1. The average molecular weight is 252 g/mol. The van der Waals surface area contributed by atoms with Gasteiger partial charge in [-0.3, -0.25) is 0 Å². The molecular formula is C13H11F3N2. The van der Waals surface area contributed by atoms with Crippen molar-refractivity contribution in [2.45, 2.75) is 6.18 Å². The van der Waals surface area contributed by atoms with Crippen molar-refractivity contribution in [3.63, 3.8) is 0 Å². The van der Waals surface area contributed by atoms with Gasteiger partial charge in [0.15, 0.2) is 0 Å². The fourth-order valence-electron chi connectivity index (χ4n) is 1.71.